The highest BCUT2D eigenvalue weighted by molar-refractivity contribution is 9.10. The summed E-state index contributed by atoms with van der Waals surface area (Å²) in [5, 5.41) is 14.4. The molecule has 0 heterocycles. The predicted molar refractivity (Wildman–Crippen MR) is 95.3 cm³/mol. The fraction of sp³-hybridized carbons (Fsp3) is 0.176. The molecule has 0 atom stereocenters. The molecule has 2 N–H and O–H groups in total. The number of oxime groups is 1. The second-order valence-corrected chi connectivity index (χ2v) is 5.56. The lowest BCUT2D eigenvalue weighted by Crippen LogP contribution is -2.20. The Bertz CT molecular complexity index is 720. The second kappa shape index (κ2) is 8.93. The fourth-order valence-corrected chi connectivity index (χ4v) is 2.56. The average Bonchev–Trinajstić information content (AvgIpc) is 2.55. The van der Waals surface area contributed by atoms with Crippen LogP contribution in [0.1, 0.15) is 12.5 Å². The molecular weight excluding hydrogens is 376 g/mol. The molecule has 0 saturated heterocycles. The van der Waals surface area contributed by atoms with Crippen molar-refractivity contribution in [2.45, 2.75) is 6.92 Å². The molecule has 2 rings (SSSR count). The molecule has 0 fully saturated rings. The minimum Gasteiger partial charge on any atom is -0.490 e. The van der Waals surface area contributed by atoms with Crippen LogP contribution in [0.25, 0.3) is 0 Å². The van der Waals surface area contributed by atoms with Crippen LogP contribution in [0.4, 0.5) is 5.69 Å². The number of rotatable bonds is 7. The second-order valence-electron chi connectivity index (χ2n) is 4.71. The largest absolute Gasteiger partial charge is 0.490 e. The molecule has 0 aliphatic heterocycles. The van der Waals surface area contributed by atoms with Gasteiger partial charge in [0.2, 0.25) is 0 Å². The minimum absolute atomic E-state index is 0.166. The van der Waals surface area contributed by atoms with Crippen molar-refractivity contribution >= 4 is 33.7 Å². The first-order chi connectivity index (χ1) is 11.6. The lowest BCUT2D eigenvalue weighted by molar-refractivity contribution is -0.118. The lowest BCUT2D eigenvalue weighted by Gasteiger charge is -2.14. The van der Waals surface area contributed by atoms with Crippen LogP contribution in [0, 0.1) is 0 Å². The number of nitrogens with zero attached hydrogens (tertiary/aromatic N) is 1. The Morgan fingerprint density at radius 3 is 2.71 bits per heavy atom. The molecule has 0 saturated carbocycles. The summed E-state index contributed by atoms with van der Waals surface area (Å²) in [5.41, 5.74) is 1.33. The number of para-hydroxylation sites is 1. The Labute approximate surface area is 148 Å². The Kier molecular flexibility index (Phi) is 6.62. The van der Waals surface area contributed by atoms with E-state index in [9.17, 15) is 4.79 Å². The molecule has 2 aromatic rings. The quantitative estimate of drug-likeness (QED) is 0.427. The maximum absolute atomic E-state index is 12.0. The number of amides is 1. The van der Waals surface area contributed by atoms with Crippen molar-refractivity contribution in [3.05, 3.63) is 52.5 Å². The van der Waals surface area contributed by atoms with Gasteiger partial charge in [-0.15, -0.1) is 0 Å². The summed E-state index contributed by atoms with van der Waals surface area (Å²) in [6.45, 7) is 2.10. The average molecular weight is 393 g/mol. The van der Waals surface area contributed by atoms with Crippen molar-refractivity contribution in [1.82, 2.24) is 0 Å². The molecule has 0 unspecified atom stereocenters. The number of benzene rings is 2. The minimum atomic E-state index is -0.281. The van der Waals surface area contributed by atoms with E-state index in [-0.39, 0.29) is 12.5 Å². The van der Waals surface area contributed by atoms with Gasteiger partial charge in [-0.3, -0.25) is 4.79 Å². The standard InChI is InChI=1S/C17H17BrN2O4/c1-2-23-15-9-12(10-19-22)8-14(18)17(15)24-11-16(21)20-13-6-4-3-5-7-13/h3-10,22H,2,11H2,1H3,(H,20,21)/b19-10-. The van der Waals surface area contributed by atoms with E-state index in [4.69, 9.17) is 14.7 Å². The zero-order valence-electron chi connectivity index (χ0n) is 13.0. The molecule has 0 aliphatic carbocycles. The summed E-state index contributed by atoms with van der Waals surface area (Å²) >= 11 is 3.37. The number of carbonyl (C=O) groups is 1. The van der Waals surface area contributed by atoms with E-state index in [0.717, 1.165) is 0 Å². The maximum Gasteiger partial charge on any atom is 0.262 e. The van der Waals surface area contributed by atoms with E-state index in [1.165, 1.54) is 6.21 Å². The van der Waals surface area contributed by atoms with Crippen LogP contribution in [0.15, 0.2) is 52.1 Å². The highest BCUT2D eigenvalue weighted by Crippen LogP contribution is 2.36. The number of anilines is 1. The normalized spacial score (nSPS) is 10.6. The molecule has 0 bridgehead atoms. The predicted octanol–water partition coefficient (Wildman–Crippen LogP) is 3.67. The van der Waals surface area contributed by atoms with Crippen LogP contribution in [-0.4, -0.2) is 30.5 Å². The molecule has 0 spiro atoms. The molecule has 6 nitrogen and oxygen atoms in total. The summed E-state index contributed by atoms with van der Waals surface area (Å²) in [6.07, 6.45) is 1.28. The smallest absolute Gasteiger partial charge is 0.262 e. The summed E-state index contributed by atoms with van der Waals surface area (Å²) < 4.78 is 11.7. The van der Waals surface area contributed by atoms with Gasteiger partial charge in [0.25, 0.3) is 5.91 Å². The molecule has 7 heteroatoms. The summed E-state index contributed by atoms with van der Waals surface area (Å²) in [6, 6.07) is 12.5. The zero-order chi connectivity index (χ0) is 17.4. The van der Waals surface area contributed by atoms with Crippen molar-refractivity contribution in [2.75, 3.05) is 18.5 Å². The summed E-state index contributed by atoms with van der Waals surface area (Å²) in [5.74, 6) is 0.584. The molecule has 1 amide bonds. The Balaban J connectivity index is 2.09. The third-order valence-corrected chi connectivity index (χ3v) is 3.53. The lowest BCUT2D eigenvalue weighted by atomic mass is 10.2. The van der Waals surface area contributed by atoms with Crippen LogP contribution in [0.5, 0.6) is 11.5 Å². The van der Waals surface area contributed by atoms with Crippen LogP contribution >= 0.6 is 15.9 Å². The molecule has 24 heavy (non-hydrogen) atoms. The summed E-state index contributed by atoms with van der Waals surface area (Å²) in [7, 11) is 0. The van der Waals surface area contributed by atoms with Gasteiger partial charge in [-0.1, -0.05) is 23.4 Å². The highest BCUT2D eigenvalue weighted by atomic mass is 79.9. The van der Waals surface area contributed by atoms with E-state index >= 15 is 0 Å². The Morgan fingerprint density at radius 1 is 1.29 bits per heavy atom. The van der Waals surface area contributed by atoms with Gasteiger partial charge in [0.05, 0.1) is 17.3 Å². The number of nitrogens with one attached hydrogen (secondary N) is 1. The molecule has 0 radical (unpaired) electrons. The van der Waals surface area contributed by atoms with Gasteiger partial charge in [-0.05, 0) is 47.1 Å². The van der Waals surface area contributed by atoms with Gasteiger partial charge < -0.3 is 20.0 Å². The zero-order valence-corrected chi connectivity index (χ0v) is 14.6. The molecule has 126 valence electrons. The van der Waals surface area contributed by atoms with Crippen molar-refractivity contribution in [2.24, 2.45) is 5.16 Å². The van der Waals surface area contributed by atoms with Crippen molar-refractivity contribution < 1.29 is 19.5 Å². The third kappa shape index (κ3) is 4.99. The fourth-order valence-electron chi connectivity index (χ4n) is 1.99. The van der Waals surface area contributed by atoms with Gasteiger partial charge in [-0.2, -0.15) is 0 Å². The molecular formula is C17H17BrN2O4. The van der Waals surface area contributed by atoms with Crippen molar-refractivity contribution in [3.63, 3.8) is 0 Å². The van der Waals surface area contributed by atoms with Crippen LogP contribution < -0.4 is 14.8 Å². The topological polar surface area (TPSA) is 80.2 Å². The first kappa shape index (κ1) is 17.8. The van der Waals surface area contributed by atoms with E-state index in [0.29, 0.717) is 33.8 Å². The number of hydrogen-bond donors (Lipinski definition) is 2. The number of halogens is 1. The van der Waals surface area contributed by atoms with Crippen molar-refractivity contribution in [1.29, 1.82) is 0 Å². The highest BCUT2D eigenvalue weighted by Gasteiger charge is 2.14. The van der Waals surface area contributed by atoms with Gasteiger partial charge in [0.15, 0.2) is 18.1 Å². The molecule has 2 aromatic carbocycles. The number of ether oxygens (including phenoxy) is 2. The summed E-state index contributed by atoms with van der Waals surface area (Å²) in [4.78, 5) is 12.0. The number of hydrogen-bond acceptors (Lipinski definition) is 5. The van der Waals surface area contributed by atoms with Crippen molar-refractivity contribution in [3.8, 4) is 11.5 Å². The molecule has 0 aliphatic rings. The van der Waals surface area contributed by atoms with Gasteiger partial charge in [0.1, 0.15) is 0 Å². The third-order valence-electron chi connectivity index (χ3n) is 2.94. The van der Waals surface area contributed by atoms with Crippen LogP contribution in [0.2, 0.25) is 0 Å². The van der Waals surface area contributed by atoms with E-state index in [1.54, 1.807) is 24.3 Å². The van der Waals surface area contributed by atoms with Crippen LogP contribution in [0.3, 0.4) is 0 Å². The SMILES string of the molecule is CCOc1cc(/C=N\O)cc(Br)c1OCC(=O)Nc1ccccc1. The Hall–Kier alpha value is -2.54. The Morgan fingerprint density at radius 2 is 2.04 bits per heavy atom. The van der Waals surface area contributed by atoms with E-state index in [2.05, 4.69) is 26.4 Å². The first-order valence-electron chi connectivity index (χ1n) is 7.25. The van der Waals surface area contributed by atoms with Crippen LogP contribution in [-0.2, 0) is 4.79 Å². The van der Waals surface area contributed by atoms with Gasteiger partial charge >= 0.3 is 0 Å². The maximum atomic E-state index is 12.0. The monoisotopic (exact) mass is 392 g/mol. The van der Waals surface area contributed by atoms with Gasteiger partial charge in [-0.25, -0.2) is 0 Å². The number of carbonyl (C=O) groups excluding carboxylic acids is 1. The molecule has 0 aromatic heterocycles. The first-order valence-corrected chi connectivity index (χ1v) is 8.04. The van der Waals surface area contributed by atoms with Gasteiger partial charge in [0, 0.05) is 11.3 Å². The van der Waals surface area contributed by atoms with E-state index in [1.807, 2.05) is 25.1 Å². The van der Waals surface area contributed by atoms with E-state index < -0.39 is 0 Å².